The molecule has 1 aromatic carbocycles. The van der Waals surface area contributed by atoms with Crippen LogP contribution in [0.25, 0.3) is 0 Å². The Labute approximate surface area is 157 Å². The zero-order valence-electron chi connectivity index (χ0n) is 14.1. The smallest absolute Gasteiger partial charge is 0.237 e. The second-order valence-corrected chi connectivity index (χ2v) is 6.55. The van der Waals surface area contributed by atoms with Crippen LogP contribution in [0.5, 0.6) is 0 Å². The summed E-state index contributed by atoms with van der Waals surface area (Å²) in [5.41, 5.74) is 1.37. The lowest BCUT2D eigenvalue weighted by atomic mass is 10.0. The molecule has 0 aromatic heterocycles. The van der Waals surface area contributed by atoms with Gasteiger partial charge in [0.1, 0.15) is 0 Å². The van der Waals surface area contributed by atoms with E-state index in [1.165, 1.54) is 18.4 Å². The van der Waals surface area contributed by atoms with Crippen molar-refractivity contribution >= 4 is 30.7 Å². The molecule has 2 N–H and O–H groups in total. The molecular weight excluding hydrogens is 345 g/mol. The molecule has 6 heteroatoms. The predicted octanol–water partition coefficient (Wildman–Crippen LogP) is 2.75. The third-order valence-electron chi connectivity index (χ3n) is 4.81. The van der Waals surface area contributed by atoms with Gasteiger partial charge >= 0.3 is 0 Å². The van der Waals surface area contributed by atoms with Gasteiger partial charge in [0.15, 0.2) is 0 Å². The first-order valence-corrected chi connectivity index (χ1v) is 8.61. The second kappa shape index (κ2) is 10.9. The van der Waals surface area contributed by atoms with Crippen molar-refractivity contribution in [3.05, 3.63) is 35.9 Å². The van der Waals surface area contributed by atoms with Gasteiger partial charge < -0.3 is 10.6 Å². The van der Waals surface area contributed by atoms with Crippen molar-refractivity contribution in [2.75, 3.05) is 19.6 Å². The lowest BCUT2D eigenvalue weighted by Crippen LogP contribution is -2.52. The second-order valence-electron chi connectivity index (χ2n) is 6.55. The molecule has 2 fully saturated rings. The van der Waals surface area contributed by atoms with Crippen LogP contribution in [0, 0.1) is 0 Å². The molecule has 2 aliphatic heterocycles. The Morgan fingerprint density at radius 1 is 1.08 bits per heavy atom. The van der Waals surface area contributed by atoms with Crippen molar-refractivity contribution in [3.63, 3.8) is 0 Å². The van der Waals surface area contributed by atoms with Crippen LogP contribution < -0.4 is 10.6 Å². The van der Waals surface area contributed by atoms with E-state index in [0.717, 1.165) is 45.4 Å². The minimum Gasteiger partial charge on any atom is -0.352 e. The van der Waals surface area contributed by atoms with Crippen LogP contribution in [0.1, 0.15) is 37.7 Å². The highest BCUT2D eigenvalue weighted by Gasteiger charge is 2.25. The molecule has 1 atom stereocenters. The van der Waals surface area contributed by atoms with Crippen LogP contribution >= 0.6 is 24.8 Å². The summed E-state index contributed by atoms with van der Waals surface area (Å²) in [6.07, 6.45) is 5.47. The largest absolute Gasteiger partial charge is 0.352 e. The maximum Gasteiger partial charge on any atom is 0.237 e. The number of hydrogen-bond donors (Lipinski definition) is 2. The first-order valence-electron chi connectivity index (χ1n) is 8.61. The number of hydrogen-bond acceptors (Lipinski definition) is 3. The van der Waals surface area contributed by atoms with E-state index in [4.69, 9.17) is 0 Å². The number of benzene rings is 1. The van der Waals surface area contributed by atoms with Gasteiger partial charge in [0.25, 0.3) is 0 Å². The monoisotopic (exact) mass is 373 g/mol. The van der Waals surface area contributed by atoms with Crippen molar-refractivity contribution in [1.29, 1.82) is 0 Å². The summed E-state index contributed by atoms with van der Waals surface area (Å²) in [7, 11) is 0. The van der Waals surface area contributed by atoms with E-state index in [2.05, 4.69) is 45.9 Å². The summed E-state index contributed by atoms with van der Waals surface area (Å²) in [4.78, 5) is 14.7. The molecule has 0 bridgehead atoms. The number of likely N-dealkylation sites (tertiary alicyclic amines) is 1. The van der Waals surface area contributed by atoms with Gasteiger partial charge in [-0.25, -0.2) is 0 Å². The SMILES string of the molecule is Cl.Cl.O=C(NC1CCN(Cc2ccccc2)CC1)[C@H]1CCCCN1. The predicted molar refractivity (Wildman–Crippen MR) is 103 cm³/mol. The molecule has 0 unspecified atom stereocenters. The van der Waals surface area contributed by atoms with Crippen molar-refractivity contribution in [1.82, 2.24) is 15.5 Å². The Balaban J connectivity index is 0.00000144. The van der Waals surface area contributed by atoms with Gasteiger partial charge in [-0.1, -0.05) is 36.8 Å². The third-order valence-corrected chi connectivity index (χ3v) is 4.81. The minimum absolute atomic E-state index is 0. The Morgan fingerprint density at radius 3 is 2.42 bits per heavy atom. The number of carbonyl (C=O) groups is 1. The van der Waals surface area contributed by atoms with Gasteiger partial charge in [-0.05, 0) is 37.8 Å². The Kier molecular flexibility index (Phi) is 9.67. The maximum absolute atomic E-state index is 12.3. The number of carbonyl (C=O) groups excluding carboxylic acids is 1. The highest BCUT2D eigenvalue weighted by atomic mass is 35.5. The lowest BCUT2D eigenvalue weighted by molar-refractivity contribution is -0.124. The first-order chi connectivity index (χ1) is 10.8. The summed E-state index contributed by atoms with van der Waals surface area (Å²) in [6.45, 7) is 4.13. The number of nitrogens with zero attached hydrogens (tertiary/aromatic N) is 1. The van der Waals surface area contributed by atoms with Gasteiger partial charge in [-0.15, -0.1) is 24.8 Å². The van der Waals surface area contributed by atoms with Gasteiger partial charge in [-0.3, -0.25) is 9.69 Å². The normalized spacial score (nSPS) is 22.1. The highest BCUT2D eigenvalue weighted by Crippen LogP contribution is 2.15. The molecule has 136 valence electrons. The number of nitrogens with one attached hydrogen (secondary N) is 2. The summed E-state index contributed by atoms with van der Waals surface area (Å²) >= 11 is 0. The number of rotatable bonds is 4. The van der Waals surface area contributed by atoms with Gasteiger partial charge in [0.05, 0.1) is 6.04 Å². The Hall–Kier alpha value is -0.810. The number of piperidine rings is 2. The van der Waals surface area contributed by atoms with Crippen LogP contribution in [0.3, 0.4) is 0 Å². The molecule has 2 aliphatic rings. The first kappa shape index (κ1) is 21.2. The fraction of sp³-hybridized carbons (Fsp3) is 0.611. The molecule has 24 heavy (non-hydrogen) atoms. The van der Waals surface area contributed by atoms with Crippen molar-refractivity contribution < 1.29 is 4.79 Å². The fourth-order valence-electron chi connectivity index (χ4n) is 3.45. The van der Waals surface area contributed by atoms with Gasteiger partial charge in [-0.2, -0.15) is 0 Å². The van der Waals surface area contributed by atoms with E-state index in [1.807, 2.05) is 0 Å². The van der Waals surface area contributed by atoms with E-state index in [9.17, 15) is 4.79 Å². The van der Waals surface area contributed by atoms with Crippen molar-refractivity contribution in [2.24, 2.45) is 0 Å². The topological polar surface area (TPSA) is 44.4 Å². The Bertz CT molecular complexity index is 472. The average molecular weight is 374 g/mol. The molecule has 0 radical (unpaired) electrons. The van der Waals surface area contributed by atoms with Crippen molar-refractivity contribution in [3.8, 4) is 0 Å². The van der Waals surface area contributed by atoms with Crippen LogP contribution in [0.4, 0.5) is 0 Å². The average Bonchev–Trinajstić information content (AvgIpc) is 2.58. The Morgan fingerprint density at radius 2 is 1.79 bits per heavy atom. The molecule has 4 nitrogen and oxygen atoms in total. The molecule has 0 aliphatic carbocycles. The molecule has 2 heterocycles. The number of amides is 1. The quantitative estimate of drug-likeness (QED) is 0.852. The number of halogens is 2. The van der Waals surface area contributed by atoms with E-state index in [-0.39, 0.29) is 36.8 Å². The van der Waals surface area contributed by atoms with Crippen LogP contribution in [-0.2, 0) is 11.3 Å². The molecule has 2 saturated heterocycles. The summed E-state index contributed by atoms with van der Waals surface area (Å²) < 4.78 is 0. The van der Waals surface area contributed by atoms with Crippen LogP contribution in [-0.4, -0.2) is 42.5 Å². The molecule has 3 rings (SSSR count). The van der Waals surface area contributed by atoms with Crippen LogP contribution in [0.2, 0.25) is 0 Å². The van der Waals surface area contributed by atoms with Crippen LogP contribution in [0.15, 0.2) is 30.3 Å². The lowest BCUT2D eigenvalue weighted by Gasteiger charge is -2.33. The van der Waals surface area contributed by atoms with Gasteiger partial charge in [0.2, 0.25) is 5.91 Å². The van der Waals surface area contributed by atoms with E-state index >= 15 is 0 Å². The highest BCUT2D eigenvalue weighted by molar-refractivity contribution is 5.85. The molecular formula is C18H29Cl2N3O. The van der Waals surface area contributed by atoms with E-state index in [0.29, 0.717) is 6.04 Å². The maximum atomic E-state index is 12.3. The summed E-state index contributed by atoms with van der Waals surface area (Å²) in [5.74, 6) is 0.209. The van der Waals surface area contributed by atoms with E-state index < -0.39 is 0 Å². The standard InChI is InChI=1S/C18H27N3O.2ClH/c22-18(17-8-4-5-11-19-17)20-16-9-12-21(13-10-16)14-15-6-2-1-3-7-15;;/h1-3,6-7,16-17,19H,4-5,8-14H2,(H,20,22);2*1H/t17-;;/m1../s1. The molecule has 1 amide bonds. The summed E-state index contributed by atoms with van der Waals surface area (Å²) in [5, 5.41) is 6.57. The minimum atomic E-state index is 0. The third kappa shape index (κ3) is 6.25. The zero-order chi connectivity index (χ0) is 15.2. The summed E-state index contributed by atoms with van der Waals surface area (Å²) in [6, 6.07) is 11.0. The zero-order valence-corrected chi connectivity index (χ0v) is 15.7. The van der Waals surface area contributed by atoms with E-state index in [1.54, 1.807) is 0 Å². The van der Waals surface area contributed by atoms with Crippen molar-refractivity contribution in [2.45, 2.75) is 50.7 Å². The molecule has 0 saturated carbocycles. The van der Waals surface area contributed by atoms with Gasteiger partial charge in [0, 0.05) is 25.7 Å². The molecule has 0 spiro atoms. The fourth-order valence-corrected chi connectivity index (χ4v) is 3.45. The molecule has 1 aromatic rings.